The van der Waals surface area contributed by atoms with Gasteiger partial charge in [0.05, 0.1) is 0 Å². The molecule has 10 heavy (non-hydrogen) atoms. The predicted octanol–water partition coefficient (Wildman–Crippen LogP) is 1.31. The smallest absolute Gasteiger partial charge is 0.220 e. The molecule has 0 unspecified atom stereocenters. The average molecular weight is 141 g/mol. The highest BCUT2D eigenvalue weighted by Crippen LogP contribution is 2.17. The van der Waals surface area contributed by atoms with Crippen molar-refractivity contribution in [3.63, 3.8) is 0 Å². The van der Waals surface area contributed by atoms with Crippen LogP contribution in [0.4, 0.5) is 0 Å². The van der Waals surface area contributed by atoms with Crippen LogP contribution >= 0.6 is 0 Å². The molecule has 2 heteroatoms. The molecule has 0 aromatic rings. The summed E-state index contributed by atoms with van der Waals surface area (Å²) >= 11 is 0. The van der Waals surface area contributed by atoms with Crippen molar-refractivity contribution in [3.8, 4) is 0 Å². The summed E-state index contributed by atoms with van der Waals surface area (Å²) in [4.78, 5) is 10.9. The summed E-state index contributed by atoms with van der Waals surface area (Å²) in [6.45, 7) is 4.32. The van der Waals surface area contributed by atoms with Gasteiger partial charge in [-0.05, 0) is 18.8 Å². The van der Waals surface area contributed by atoms with Crippen molar-refractivity contribution < 1.29 is 4.79 Å². The van der Waals surface area contributed by atoms with E-state index in [2.05, 4.69) is 19.2 Å². The van der Waals surface area contributed by atoms with E-state index in [9.17, 15) is 4.79 Å². The molecule has 1 fully saturated rings. The molecule has 1 rings (SSSR count). The Labute approximate surface area is 62.0 Å². The summed E-state index contributed by atoms with van der Waals surface area (Å²) in [5.41, 5.74) is 0. The molecular formula is C8H15NO. The molecular weight excluding hydrogens is 126 g/mol. The van der Waals surface area contributed by atoms with Crippen molar-refractivity contribution in [2.75, 3.05) is 0 Å². The zero-order valence-electron chi connectivity index (χ0n) is 6.68. The Morgan fingerprint density at radius 1 is 1.70 bits per heavy atom. The van der Waals surface area contributed by atoms with Gasteiger partial charge in [0.1, 0.15) is 0 Å². The lowest BCUT2D eigenvalue weighted by molar-refractivity contribution is -0.124. The highest BCUT2D eigenvalue weighted by molar-refractivity contribution is 5.77. The topological polar surface area (TPSA) is 29.1 Å². The van der Waals surface area contributed by atoms with Gasteiger partial charge in [-0.3, -0.25) is 4.79 Å². The molecule has 2 atom stereocenters. The van der Waals surface area contributed by atoms with E-state index in [0.717, 1.165) is 19.3 Å². The Balaban J connectivity index is 2.45. The SMILES string of the molecule is CC[C@H]1NC(=O)CC[C@@H]1C. The van der Waals surface area contributed by atoms with E-state index in [-0.39, 0.29) is 5.91 Å². The normalized spacial score (nSPS) is 33.6. The van der Waals surface area contributed by atoms with Gasteiger partial charge in [-0.1, -0.05) is 13.8 Å². The van der Waals surface area contributed by atoms with E-state index in [1.165, 1.54) is 0 Å². The van der Waals surface area contributed by atoms with E-state index in [0.29, 0.717) is 12.0 Å². The molecule has 1 amide bonds. The highest BCUT2D eigenvalue weighted by Gasteiger charge is 2.22. The van der Waals surface area contributed by atoms with Crippen LogP contribution in [0, 0.1) is 5.92 Å². The number of carbonyl (C=O) groups excluding carboxylic acids is 1. The summed E-state index contributed by atoms with van der Waals surface area (Å²) in [7, 11) is 0. The first kappa shape index (κ1) is 7.58. The van der Waals surface area contributed by atoms with Gasteiger partial charge in [0.15, 0.2) is 0 Å². The van der Waals surface area contributed by atoms with Gasteiger partial charge in [-0.15, -0.1) is 0 Å². The Hall–Kier alpha value is -0.530. The van der Waals surface area contributed by atoms with Gasteiger partial charge in [0.25, 0.3) is 0 Å². The molecule has 0 radical (unpaired) electrons. The van der Waals surface area contributed by atoms with Gasteiger partial charge in [-0.2, -0.15) is 0 Å². The largest absolute Gasteiger partial charge is 0.353 e. The lowest BCUT2D eigenvalue weighted by atomic mass is 9.91. The summed E-state index contributed by atoms with van der Waals surface area (Å²) in [6.07, 6.45) is 2.84. The van der Waals surface area contributed by atoms with E-state index >= 15 is 0 Å². The first-order valence-electron chi connectivity index (χ1n) is 4.03. The molecule has 1 aliphatic heterocycles. The fourth-order valence-electron chi connectivity index (χ4n) is 1.49. The number of piperidine rings is 1. The number of hydrogen-bond donors (Lipinski definition) is 1. The first-order valence-corrected chi connectivity index (χ1v) is 4.03. The first-order chi connectivity index (χ1) is 4.74. The Bertz CT molecular complexity index is 133. The summed E-state index contributed by atoms with van der Waals surface area (Å²) in [5.74, 6) is 0.896. The Morgan fingerprint density at radius 3 is 2.90 bits per heavy atom. The molecule has 58 valence electrons. The maximum Gasteiger partial charge on any atom is 0.220 e. The van der Waals surface area contributed by atoms with E-state index in [1.807, 2.05) is 0 Å². The third kappa shape index (κ3) is 1.49. The molecule has 0 aromatic heterocycles. The Kier molecular flexibility index (Phi) is 2.30. The van der Waals surface area contributed by atoms with Crippen LogP contribution in [0.1, 0.15) is 33.1 Å². The zero-order valence-corrected chi connectivity index (χ0v) is 6.68. The fraction of sp³-hybridized carbons (Fsp3) is 0.875. The third-order valence-electron chi connectivity index (χ3n) is 2.30. The van der Waals surface area contributed by atoms with Gasteiger partial charge in [-0.25, -0.2) is 0 Å². The van der Waals surface area contributed by atoms with E-state index < -0.39 is 0 Å². The molecule has 1 aliphatic rings. The molecule has 0 spiro atoms. The van der Waals surface area contributed by atoms with E-state index in [4.69, 9.17) is 0 Å². The second-order valence-corrected chi connectivity index (χ2v) is 3.10. The van der Waals surface area contributed by atoms with Crippen molar-refractivity contribution in [2.24, 2.45) is 5.92 Å². The maximum absolute atomic E-state index is 10.9. The van der Waals surface area contributed by atoms with E-state index in [1.54, 1.807) is 0 Å². The molecule has 0 aromatic carbocycles. The summed E-state index contributed by atoms with van der Waals surface area (Å²) in [6, 6.07) is 0.432. The van der Waals surface area contributed by atoms with Crippen LogP contribution in [-0.4, -0.2) is 11.9 Å². The van der Waals surface area contributed by atoms with Gasteiger partial charge >= 0.3 is 0 Å². The van der Waals surface area contributed by atoms with Crippen LogP contribution in [0.15, 0.2) is 0 Å². The lowest BCUT2D eigenvalue weighted by Crippen LogP contribution is -2.43. The molecule has 0 saturated carbocycles. The van der Waals surface area contributed by atoms with Gasteiger partial charge in [0, 0.05) is 12.5 Å². The number of nitrogens with one attached hydrogen (secondary N) is 1. The van der Waals surface area contributed by atoms with Crippen molar-refractivity contribution in [2.45, 2.75) is 39.2 Å². The van der Waals surface area contributed by atoms with Crippen molar-refractivity contribution in [1.82, 2.24) is 5.32 Å². The fourth-order valence-corrected chi connectivity index (χ4v) is 1.49. The molecule has 1 heterocycles. The van der Waals surface area contributed by atoms with Gasteiger partial charge < -0.3 is 5.32 Å². The minimum absolute atomic E-state index is 0.227. The van der Waals surface area contributed by atoms with Crippen LogP contribution in [-0.2, 0) is 4.79 Å². The summed E-state index contributed by atoms with van der Waals surface area (Å²) < 4.78 is 0. The minimum atomic E-state index is 0.227. The summed E-state index contributed by atoms with van der Waals surface area (Å²) in [5, 5.41) is 2.98. The quantitative estimate of drug-likeness (QED) is 0.586. The predicted molar refractivity (Wildman–Crippen MR) is 40.6 cm³/mol. The number of amides is 1. The van der Waals surface area contributed by atoms with Gasteiger partial charge in [0.2, 0.25) is 5.91 Å². The molecule has 2 nitrogen and oxygen atoms in total. The van der Waals surface area contributed by atoms with Crippen LogP contribution in [0.2, 0.25) is 0 Å². The minimum Gasteiger partial charge on any atom is -0.353 e. The maximum atomic E-state index is 10.9. The van der Waals surface area contributed by atoms with Crippen molar-refractivity contribution >= 4 is 5.91 Å². The lowest BCUT2D eigenvalue weighted by Gasteiger charge is -2.28. The van der Waals surface area contributed by atoms with Crippen molar-refractivity contribution in [3.05, 3.63) is 0 Å². The zero-order chi connectivity index (χ0) is 7.56. The number of rotatable bonds is 1. The second-order valence-electron chi connectivity index (χ2n) is 3.10. The third-order valence-corrected chi connectivity index (χ3v) is 2.30. The van der Waals surface area contributed by atoms with Crippen LogP contribution in [0.25, 0.3) is 0 Å². The Morgan fingerprint density at radius 2 is 2.40 bits per heavy atom. The molecule has 0 aliphatic carbocycles. The van der Waals surface area contributed by atoms with Crippen molar-refractivity contribution in [1.29, 1.82) is 0 Å². The standard InChI is InChI=1S/C8H15NO/c1-3-7-6(2)4-5-8(10)9-7/h6-7H,3-5H2,1-2H3,(H,9,10)/t6-,7+/m0/s1. The van der Waals surface area contributed by atoms with Crippen LogP contribution < -0.4 is 5.32 Å². The average Bonchev–Trinajstić information content (AvgIpc) is 1.94. The van der Waals surface area contributed by atoms with Crippen LogP contribution in [0.5, 0.6) is 0 Å². The number of hydrogen-bond acceptors (Lipinski definition) is 1. The molecule has 1 N–H and O–H groups in total. The van der Waals surface area contributed by atoms with Crippen LogP contribution in [0.3, 0.4) is 0 Å². The molecule has 0 bridgehead atoms. The monoisotopic (exact) mass is 141 g/mol. The molecule has 1 saturated heterocycles. The second kappa shape index (κ2) is 3.04. The highest BCUT2D eigenvalue weighted by atomic mass is 16.1. The number of carbonyl (C=O) groups is 1.